The van der Waals surface area contributed by atoms with Crippen LogP contribution < -0.4 is 10.9 Å². The number of benzene rings is 3. The van der Waals surface area contributed by atoms with Crippen molar-refractivity contribution in [1.29, 1.82) is 0 Å². The number of fused-ring (bicyclic) bond motifs is 1. The van der Waals surface area contributed by atoms with Crippen molar-refractivity contribution >= 4 is 33.3 Å². The molecule has 0 unspecified atom stereocenters. The molecule has 5 aromatic rings. The number of amides is 1. The van der Waals surface area contributed by atoms with E-state index in [4.69, 9.17) is 0 Å². The van der Waals surface area contributed by atoms with Gasteiger partial charge < -0.3 is 0 Å². The Bertz CT molecular complexity index is 1550. The highest BCUT2D eigenvalue weighted by molar-refractivity contribution is 7.14. The summed E-state index contributed by atoms with van der Waals surface area (Å²) in [5.41, 5.74) is 4.67. The summed E-state index contributed by atoms with van der Waals surface area (Å²) in [4.78, 5) is 34.8. The first-order valence-electron chi connectivity index (χ1n) is 10.4. The zero-order valence-electron chi connectivity index (χ0n) is 18.1. The summed E-state index contributed by atoms with van der Waals surface area (Å²) in [5.74, 6) is 0.329. The molecule has 5 rings (SSSR count). The molecule has 0 aliphatic heterocycles. The van der Waals surface area contributed by atoms with Crippen LogP contribution in [0, 0.1) is 13.8 Å². The molecule has 33 heavy (non-hydrogen) atoms. The van der Waals surface area contributed by atoms with Crippen molar-refractivity contribution in [1.82, 2.24) is 14.5 Å². The van der Waals surface area contributed by atoms with Gasteiger partial charge in [0.05, 0.1) is 22.3 Å². The standard InChI is InChI=1S/C26H20N4O2S/c1-16-7-3-4-8-20(16)23-15-33-26(28-23)29-24(31)18-11-13-19(14-12-18)30-17(2)27-22-10-6-5-9-21(22)25(30)32/h3-15H,1-2H3,(H,28,29,31). The number of nitrogens with one attached hydrogen (secondary N) is 1. The van der Waals surface area contributed by atoms with Gasteiger partial charge in [-0.3, -0.25) is 19.5 Å². The van der Waals surface area contributed by atoms with E-state index in [0.717, 1.165) is 16.8 Å². The molecule has 0 radical (unpaired) electrons. The van der Waals surface area contributed by atoms with E-state index in [9.17, 15) is 9.59 Å². The van der Waals surface area contributed by atoms with Crippen molar-refractivity contribution in [3.63, 3.8) is 0 Å². The van der Waals surface area contributed by atoms with E-state index >= 15 is 0 Å². The molecule has 0 aliphatic carbocycles. The van der Waals surface area contributed by atoms with Crippen LogP contribution in [0.3, 0.4) is 0 Å². The second kappa shape index (κ2) is 8.44. The largest absolute Gasteiger partial charge is 0.298 e. The maximum absolute atomic E-state index is 13.0. The first kappa shape index (κ1) is 20.8. The summed E-state index contributed by atoms with van der Waals surface area (Å²) in [5, 5.41) is 5.88. The van der Waals surface area contributed by atoms with Crippen LogP contribution in [0.4, 0.5) is 5.13 Å². The van der Waals surface area contributed by atoms with Gasteiger partial charge in [0.1, 0.15) is 5.82 Å². The fourth-order valence-corrected chi connectivity index (χ4v) is 4.50. The van der Waals surface area contributed by atoms with Crippen LogP contribution in [-0.2, 0) is 0 Å². The maximum atomic E-state index is 13.0. The van der Waals surface area contributed by atoms with E-state index < -0.39 is 0 Å². The smallest absolute Gasteiger partial charge is 0.265 e. The van der Waals surface area contributed by atoms with Crippen molar-refractivity contribution in [2.75, 3.05) is 5.32 Å². The first-order valence-corrected chi connectivity index (χ1v) is 11.3. The molecule has 0 spiro atoms. The average Bonchev–Trinajstić information content (AvgIpc) is 3.28. The average molecular weight is 453 g/mol. The Labute approximate surface area is 194 Å². The number of nitrogens with zero attached hydrogens (tertiary/aromatic N) is 3. The van der Waals surface area contributed by atoms with E-state index in [-0.39, 0.29) is 11.5 Å². The van der Waals surface area contributed by atoms with E-state index in [1.807, 2.05) is 54.8 Å². The number of thiazole rings is 1. The number of hydrogen-bond acceptors (Lipinski definition) is 5. The van der Waals surface area contributed by atoms with Crippen LogP contribution in [0.1, 0.15) is 21.7 Å². The highest BCUT2D eigenvalue weighted by atomic mass is 32.1. The van der Waals surface area contributed by atoms with Gasteiger partial charge >= 0.3 is 0 Å². The fraction of sp³-hybridized carbons (Fsp3) is 0.0769. The zero-order chi connectivity index (χ0) is 22.9. The van der Waals surface area contributed by atoms with Crippen LogP contribution in [0.5, 0.6) is 0 Å². The molecule has 1 amide bonds. The monoisotopic (exact) mass is 452 g/mol. The molecule has 2 aromatic heterocycles. The van der Waals surface area contributed by atoms with E-state index in [1.165, 1.54) is 11.3 Å². The molecular formula is C26H20N4O2S. The Morgan fingerprint density at radius 1 is 0.909 bits per heavy atom. The summed E-state index contributed by atoms with van der Waals surface area (Å²) in [7, 11) is 0. The number of aryl methyl sites for hydroxylation is 2. The summed E-state index contributed by atoms with van der Waals surface area (Å²) in [6.07, 6.45) is 0. The van der Waals surface area contributed by atoms with Gasteiger partial charge in [-0.2, -0.15) is 0 Å². The SMILES string of the molecule is Cc1ccccc1-c1csc(NC(=O)c2ccc(-n3c(C)nc4ccccc4c3=O)cc2)n1. The summed E-state index contributed by atoms with van der Waals surface area (Å²) in [6, 6.07) is 22.2. The fourth-order valence-electron chi connectivity index (χ4n) is 3.79. The van der Waals surface area contributed by atoms with Crippen molar-refractivity contribution in [2.24, 2.45) is 0 Å². The molecule has 162 valence electrons. The minimum absolute atomic E-state index is 0.137. The number of anilines is 1. The van der Waals surface area contributed by atoms with Crippen LogP contribution in [0.15, 0.2) is 83.0 Å². The molecule has 0 saturated heterocycles. The molecule has 0 fully saturated rings. The van der Waals surface area contributed by atoms with E-state index in [0.29, 0.717) is 33.1 Å². The van der Waals surface area contributed by atoms with Crippen LogP contribution in [0.25, 0.3) is 27.8 Å². The van der Waals surface area contributed by atoms with Crippen LogP contribution in [-0.4, -0.2) is 20.4 Å². The molecule has 7 heteroatoms. The number of hydrogen-bond donors (Lipinski definition) is 1. The van der Waals surface area contributed by atoms with Gasteiger partial charge in [-0.15, -0.1) is 11.3 Å². The topological polar surface area (TPSA) is 76.9 Å². The minimum atomic E-state index is -0.257. The predicted molar refractivity (Wildman–Crippen MR) is 132 cm³/mol. The van der Waals surface area contributed by atoms with Crippen LogP contribution in [0.2, 0.25) is 0 Å². The Morgan fingerprint density at radius 2 is 1.64 bits per heavy atom. The van der Waals surface area contributed by atoms with Gasteiger partial charge in [0, 0.05) is 16.5 Å². The summed E-state index contributed by atoms with van der Waals surface area (Å²) >= 11 is 1.38. The highest BCUT2D eigenvalue weighted by Gasteiger charge is 2.13. The lowest BCUT2D eigenvalue weighted by Gasteiger charge is -2.11. The van der Waals surface area contributed by atoms with Gasteiger partial charge in [0.25, 0.3) is 11.5 Å². The highest BCUT2D eigenvalue weighted by Crippen LogP contribution is 2.27. The normalized spacial score (nSPS) is 11.0. The first-order chi connectivity index (χ1) is 16.0. The molecule has 3 aromatic carbocycles. The Morgan fingerprint density at radius 3 is 2.42 bits per heavy atom. The van der Waals surface area contributed by atoms with Gasteiger partial charge in [0.15, 0.2) is 5.13 Å². The number of rotatable bonds is 4. The zero-order valence-corrected chi connectivity index (χ0v) is 18.9. The molecule has 2 heterocycles. The maximum Gasteiger partial charge on any atom is 0.265 e. The number of aromatic nitrogens is 3. The van der Waals surface area contributed by atoms with Crippen molar-refractivity contribution in [2.45, 2.75) is 13.8 Å². The lowest BCUT2D eigenvalue weighted by Crippen LogP contribution is -2.22. The summed E-state index contributed by atoms with van der Waals surface area (Å²) < 4.78 is 1.55. The third-order valence-corrected chi connectivity index (χ3v) is 6.23. The summed E-state index contributed by atoms with van der Waals surface area (Å²) in [6.45, 7) is 3.83. The molecule has 0 bridgehead atoms. The second-order valence-electron chi connectivity index (χ2n) is 7.67. The minimum Gasteiger partial charge on any atom is -0.298 e. The molecule has 0 atom stereocenters. The number of carbonyl (C=O) groups is 1. The van der Waals surface area contributed by atoms with Crippen LogP contribution >= 0.6 is 11.3 Å². The molecule has 1 N–H and O–H groups in total. The Balaban J connectivity index is 1.39. The molecule has 0 aliphatic rings. The van der Waals surface area contributed by atoms with Gasteiger partial charge in [-0.05, 0) is 55.8 Å². The number of carbonyl (C=O) groups excluding carboxylic acids is 1. The van der Waals surface area contributed by atoms with Gasteiger partial charge in [-0.25, -0.2) is 9.97 Å². The van der Waals surface area contributed by atoms with Crippen molar-refractivity contribution < 1.29 is 4.79 Å². The third-order valence-electron chi connectivity index (χ3n) is 5.48. The molecule has 6 nitrogen and oxygen atoms in total. The Hall–Kier alpha value is -4.10. The number of para-hydroxylation sites is 1. The van der Waals surface area contributed by atoms with E-state index in [2.05, 4.69) is 15.3 Å². The lowest BCUT2D eigenvalue weighted by molar-refractivity contribution is 0.102. The lowest BCUT2D eigenvalue weighted by atomic mass is 10.1. The van der Waals surface area contributed by atoms with Crippen molar-refractivity contribution in [3.8, 4) is 16.9 Å². The molecule has 0 saturated carbocycles. The predicted octanol–water partition coefficient (Wildman–Crippen LogP) is 5.38. The van der Waals surface area contributed by atoms with E-state index in [1.54, 1.807) is 41.8 Å². The molecular weight excluding hydrogens is 432 g/mol. The van der Waals surface area contributed by atoms with Gasteiger partial charge in [0.2, 0.25) is 0 Å². The Kier molecular flexibility index (Phi) is 5.32. The third kappa shape index (κ3) is 3.94. The van der Waals surface area contributed by atoms with Crippen molar-refractivity contribution in [3.05, 3.63) is 105 Å². The van der Waals surface area contributed by atoms with Gasteiger partial charge in [-0.1, -0.05) is 36.4 Å². The quantitative estimate of drug-likeness (QED) is 0.397. The second-order valence-corrected chi connectivity index (χ2v) is 8.53.